The fraction of sp³-hybridized carbons (Fsp3) is 0.476. The number of rotatable bonds is 6. The minimum atomic E-state index is -3.22. The molecule has 3 heterocycles. The lowest BCUT2D eigenvalue weighted by Gasteiger charge is -2.28. The van der Waals surface area contributed by atoms with E-state index in [9.17, 15) is 23.3 Å². The monoisotopic (exact) mass is 447 g/mol. The number of furan rings is 1. The fourth-order valence-corrected chi connectivity index (χ4v) is 5.94. The van der Waals surface area contributed by atoms with Gasteiger partial charge < -0.3 is 14.2 Å². The molecule has 4 rings (SSSR count). The van der Waals surface area contributed by atoms with E-state index in [2.05, 4.69) is 4.90 Å². The van der Waals surface area contributed by atoms with Crippen LogP contribution in [-0.4, -0.2) is 54.8 Å². The van der Waals surface area contributed by atoms with Gasteiger partial charge in [-0.15, -0.1) is 0 Å². The number of hydrogen-bond donors (Lipinski definition) is 0. The molecule has 1 amide bonds. The summed E-state index contributed by atoms with van der Waals surface area (Å²) in [5.74, 6) is 0.767. The van der Waals surface area contributed by atoms with Gasteiger partial charge in [0.2, 0.25) is 0 Å². The molecule has 0 radical (unpaired) electrons. The average Bonchev–Trinajstić information content (AvgIpc) is 3.38. The van der Waals surface area contributed by atoms with Crippen LogP contribution in [-0.2, 0) is 16.4 Å². The molecule has 2 aliphatic rings. The molecule has 9 nitrogen and oxygen atoms in total. The number of carbonyl (C=O) groups is 1. The van der Waals surface area contributed by atoms with E-state index in [1.54, 1.807) is 6.07 Å². The molecule has 0 bridgehead atoms. The van der Waals surface area contributed by atoms with E-state index in [0.717, 1.165) is 31.8 Å². The first-order chi connectivity index (χ1) is 14.8. The molecule has 1 aromatic heterocycles. The highest BCUT2D eigenvalue weighted by atomic mass is 32.2. The van der Waals surface area contributed by atoms with Crippen molar-refractivity contribution in [2.75, 3.05) is 29.5 Å². The Morgan fingerprint density at radius 3 is 2.65 bits per heavy atom. The number of amides is 1. The number of sulfone groups is 1. The molecular formula is C21H25N3O6S. The van der Waals surface area contributed by atoms with Gasteiger partial charge in [-0.05, 0) is 37.8 Å². The van der Waals surface area contributed by atoms with E-state index in [0.29, 0.717) is 12.2 Å². The second-order valence-electron chi connectivity index (χ2n) is 8.09. The number of hydrogen-bond acceptors (Lipinski definition) is 7. The number of nitro groups is 1. The van der Waals surface area contributed by atoms with Gasteiger partial charge in [-0.1, -0.05) is 6.07 Å². The van der Waals surface area contributed by atoms with Crippen LogP contribution in [0.3, 0.4) is 0 Å². The molecule has 0 spiro atoms. The molecule has 2 fully saturated rings. The lowest BCUT2D eigenvalue weighted by molar-refractivity contribution is -0.384. The zero-order chi connectivity index (χ0) is 22.0. The molecular weight excluding hydrogens is 422 g/mol. The Hall–Kier alpha value is -2.88. The van der Waals surface area contributed by atoms with E-state index in [4.69, 9.17) is 4.42 Å². The van der Waals surface area contributed by atoms with Crippen LogP contribution in [0.5, 0.6) is 0 Å². The summed E-state index contributed by atoms with van der Waals surface area (Å²) in [5, 5.41) is 11.1. The van der Waals surface area contributed by atoms with Crippen molar-refractivity contribution < 1.29 is 22.6 Å². The molecule has 1 atom stereocenters. The predicted molar refractivity (Wildman–Crippen MR) is 115 cm³/mol. The van der Waals surface area contributed by atoms with E-state index in [-0.39, 0.29) is 29.3 Å². The SMILES string of the molecule is O=C(c1cccc([N+](=O)[O-])c1)N(Cc1ccc(N2CCCCC2)o1)C1CCS(=O)(=O)C1. The first-order valence-corrected chi connectivity index (χ1v) is 12.2. The molecule has 1 aromatic carbocycles. The maximum Gasteiger partial charge on any atom is 0.270 e. The zero-order valence-corrected chi connectivity index (χ0v) is 17.9. The van der Waals surface area contributed by atoms with Crippen LogP contribution in [0.4, 0.5) is 11.6 Å². The maximum atomic E-state index is 13.3. The zero-order valence-electron chi connectivity index (χ0n) is 17.1. The van der Waals surface area contributed by atoms with Gasteiger partial charge in [0.15, 0.2) is 15.7 Å². The number of benzene rings is 1. The van der Waals surface area contributed by atoms with Crippen molar-refractivity contribution in [3.05, 3.63) is 57.8 Å². The summed E-state index contributed by atoms with van der Waals surface area (Å²) in [7, 11) is -3.22. The molecule has 31 heavy (non-hydrogen) atoms. The largest absolute Gasteiger partial charge is 0.444 e. The summed E-state index contributed by atoms with van der Waals surface area (Å²) in [6, 6.07) is 8.69. The van der Waals surface area contributed by atoms with Crippen LogP contribution >= 0.6 is 0 Å². The van der Waals surface area contributed by atoms with Crippen molar-refractivity contribution in [1.29, 1.82) is 0 Å². The average molecular weight is 448 g/mol. The Kier molecular flexibility index (Phi) is 5.99. The van der Waals surface area contributed by atoms with Crippen LogP contribution in [0.1, 0.15) is 41.8 Å². The molecule has 166 valence electrons. The van der Waals surface area contributed by atoms with Crippen LogP contribution in [0, 0.1) is 10.1 Å². The summed E-state index contributed by atoms with van der Waals surface area (Å²) in [5.41, 5.74) is -0.0310. The minimum absolute atomic E-state index is 0.0214. The van der Waals surface area contributed by atoms with Crippen LogP contribution < -0.4 is 4.90 Å². The molecule has 0 N–H and O–H groups in total. The van der Waals surface area contributed by atoms with Crippen LogP contribution in [0.2, 0.25) is 0 Å². The van der Waals surface area contributed by atoms with E-state index < -0.39 is 26.7 Å². The molecule has 0 saturated carbocycles. The molecule has 10 heteroatoms. The smallest absolute Gasteiger partial charge is 0.270 e. The van der Waals surface area contributed by atoms with Crippen molar-refractivity contribution in [2.24, 2.45) is 0 Å². The third-order valence-corrected chi connectivity index (χ3v) is 7.61. The quantitative estimate of drug-likeness (QED) is 0.494. The van der Waals surface area contributed by atoms with Gasteiger partial charge in [-0.3, -0.25) is 14.9 Å². The Bertz CT molecular complexity index is 1070. The molecule has 2 aliphatic heterocycles. The summed E-state index contributed by atoms with van der Waals surface area (Å²) >= 11 is 0. The maximum absolute atomic E-state index is 13.3. The highest BCUT2D eigenvalue weighted by Crippen LogP contribution is 2.27. The van der Waals surface area contributed by atoms with Gasteiger partial charge >= 0.3 is 0 Å². The number of piperidine rings is 1. The van der Waals surface area contributed by atoms with Gasteiger partial charge in [0.05, 0.1) is 23.0 Å². The molecule has 0 aliphatic carbocycles. The van der Waals surface area contributed by atoms with Crippen molar-refractivity contribution in [3.8, 4) is 0 Å². The number of carbonyl (C=O) groups excluding carboxylic acids is 1. The van der Waals surface area contributed by atoms with E-state index in [1.165, 1.54) is 35.6 Å². The van der Waals surface area contributed by atoms with E-state index in [1.807, 2.05) is 6.07 Å². The van der Waals surface area contributed by atoms with Gasteiger partial charge in [-0.2, -0.15) is 0 Å². The number of nitrogens with zero attached hydrogens (tertiary/aromatic N) is 3. The predicted octanol–water partition coefficient (Wildman–Crippen LogP) is 3.01. The first-order valence-electron chi connectivity index (χ1n) is 10.4. The van der Waals surface area contributed by atoms with Gasteiger partial charge in [0.1, 0.15) is 5.76 Å². The third-order valence-electron chi connectivity index (χ3n) is 5.86. The second kappa shape index (κ2) is 8.70. The fourth-order valence-electron chi connectivity index (χ4n) is 4.21. The van der Waals surface area contributed by atoms with Crippen molar-refractivity contribution in [2.45, 2.75) is 38.3 Å². The Labute approximate surface area is 180 Å². The van der Waals surface area contributed by atoms with Gasteiger partial charge in [0.25, 0.3) is 11.6 Å². The lowest BCUT2D eigenvalue weighted by Crippen LogP contribution is -2.40. The summed E-state index contributed by atoms with van der Waals surface area (Å²) in [6.45, 7) is 1.95. The normalized spacial score (nSPS) is 20.5. The molecule has 2 aromatic rings. The Balaban J connectivity index is 1.59. The van der Waals surface area contributed by atoms with E-state index >= 15 is 0 Å². The first kappa shape index (κ1) is 21.4. The van der Waals surface area contributed by atoms with Crippen LogP contribution in [0.15, 0.2) is 40.8 Å². The topological polar surface area (TPSA) is 114 Å². The second-order valence-corrected chi connectivity index (χ2v) is 10.3. The number of non-ortho nitro benzene ring substituents is 1. The summed E-state index contributed by atoms with van der Waals surface area (Å²) in [6.07, 6.45) is 3.75. The number of nitro benzene ring substituents is 1. The van der Waals surface area contributed by atoms with Crippen molar-refractivity contribution >= 4 is 27.3 Å². The van der Waals surface area contributed by atoms with Crippen molar-refractivity contribution in [3.63, 3.8) is 0 Å². The van der Waals surface area contributed by atoms with Gasteiger partial charge in [-0.25, -0.2) is 8.42 Å². The highest BCUT2D eigenvalue weighted by molar-refractivity contribution is 7.91. The lowest BCUT2D eigenvalue weighted by atomic mass is 10.1. The van der Waals surface area contributed by atoms with Gasteiger partial charge in [0, 0.05) is 42.9 Å². The minimum Gasteiger partial charge on any atom is -0.444 e. The summed E-state index contributed by atoms with van der Waals surface area (Å²) in [4.78, 5) is 27.5. The number of anilines is 1. The van der Waals surface area contributed by atoms with Crippen LogP contribution in [0.25, 0.3) is 0 Å². The molecule has 1 unspecified atom stereocenters. The van der Waals surface area contributed by atoms with Crippen molar-refractivity contribution in [1.82, 2.24) is 4.90 Å². The highest BCUT2D eigenvalue weighted by Gasteiger charge is 2.36. The Morgan fingerprint density at radius 2 is 1.97 bits per heavy atom. The standard InChI is InChI=1S/C21H25N3O6S/c25-21(16-5-4-6-17(13-16)24(26)27)23(18-9-12-31(28,29)15-18)14-19-7-8-20(30-19)22-10-2-1-3-11-22/h4-8,13,18H,1-3,9-12,14-15H2. The Morgan fingerprint density at radius 1 is 1.19 bits per heavy atom. The summed E-state index contributed by atoms with van der Waals surface area (Å²) < 4.78 is 30.1. The third kappa shape index (κ3) is 4.90. The molecule has 2 saturated heterocycles.